The van der Waals surface area contributed by atoms with Crippen LogP contribution in [-0.2, 0) is 6.54 Å². The van der Waals surface area contributed by atoms with E-state index in [1.165, 1.54) is 25.7 Å². The number of nitrogens with zero attached hydrogens (tertiary/aromatic N) is 2. The van der Waals surface area contributed by atoms with Crippen molar-refractivity contribution in [3.8, 4) is 5.75 Å². The molecular weight excluding hydrogens is 338 g/mol. The summed E-state index contributed by atoms with van der Waals surface area (Å²) in [7, 11) is 8.22. The third-order valence-electron chi connectivity index (χ3n) is 6.87. The molecule has 2 aliphatic carbocycles. The number of pyridine rings is 1. The van der Waals surface area contributed by atoms with Crippen molar-refractivity contribution in [2.45, 2.75) is 44.3 Å². The second-order valence-corrected chi connectivity index (χ2v) is 8.73. The van der Waals surface area contributed by atoms with Crippen LogP contribution in [-0.4, -0.2) is 55.1 Å². The number of aromatic nitrogens is 1. The van der Waals surface area contributed by atoms with Gasteiger partial charge in [-0.05, 0) is 82.2 Å². The summed E-state index contributed by atoms with van der Waals surface area (Å²) in [5.41, 5.74) is 1.68. The monoisotopic (exact) mass is 369 g/mol. The van der Waals surface area contributed by atoms with Gasteiger partial charge >= 0.3 is 0 Å². The molecule has 4 rings (SSSR count). The molecule has 2 fully saturated rings. The van der Waals surface area contributed by atoms with E-state index in [0.29, 0.717) is 12.6 Å². The Morgan fingerprint density at radius 1 is 1.04 bits per heavy atom. The van der Waals surface area contributed by atoms with Crippen LogP contribution in [0.25, 0.3) is 10.9 Å². The molecule has 2 aliphatic rings. The largest absolute Gasteiger partial charge is 0.497 e. The van der Waals surface area contributed by atoms with Crippen molar-refractivity contribution >= 4 is 10.9 Å². The first-order chi connectivity index (χ1) is 12.9. The first-order valence-electron chi connectivity index (χ1n) is 10.0. The molecular formula is C22H31N3O2. The van der Waals surface area contributed by atoms with Crippen molar-refractivity contribution in [3.05, 3.63) is 40.2 Å². The summed E-state index contributed by atoms with van der Waals surface area (Å²) >= 11 is 0. The average molecular weight is 370 g/mol. The van der Waals surface area contributed by atoms with Crippen molar-refractivity contribution in [3.63, 3.8) is 0 Å². The lowest BCUT2D eigenvalue weighted by Crippen LogP contribution is -2.33. The van der Waals surface area contributed by atoms with Gasteiger partial charge in [-0.2, -0.15) is 0 Å². The number of H-pyrrole nitrogens is 1. The van der Waals surface area contributed by atoms with Gasteiger partial charge in [0.25, 0.3) is 5.56 Å². The van der Waals surface area contributed by atoms with E-state index in [2.05, 4.69) is 35.9 Å². The second kappa shape index (κ2) is 7.28. The fourth-order valence-corrected chi connectivity index (χ4v) is 5.20. The Morgan fingerprint density at radius 2 is 1.70 bits per heavy atom. The highest BCUT2D eigenvalue weighted by Crippen LogP contribution is 2.46. The fraction of sp³-hybridized carbons (Fsp3) is 0.591. The van der Waals surface area contributed by atoms with Crippen LogP contribution in [0.2, 0.25) is 0 Å². The molecule has 5 nitrogen and oxygen atoms in total. The zero-order valence-corrected chi connectivity index (χ0v) is 16.9. The molecule has 4 atom stereocenters. The number of methoxy groups -OCH3 is 1. The third kappa shape index (κ3) is 3.63. The lowest BCUT2D eigenvalue weighted by molar-refractivity contribution is 0.211. The van der Waals surface area contributed by atoms with Gasteiger partial charge in [0.05, 0.1) is 12.6 Å². The van der Waals surface area contributed by atoms with E-state index in [9.17, 15) is 4.79 Å². The molecule has 1 aromatic carbocycles. The predicted molar refractivity (Wildman–Crippen MR) is 109 cm³/mol. The van der Waals surface area contributed by atoms with Gasteiger partial charge in [0, 0.05) is 30.3 Å². The topological polar surface area (TPSA) is 48.6 Å². The minimum absolute atomic E-state index is 0.00784. The van der Waals surface area contributed by atoms with Gasteiger partial charge in [0.1, 0.15) is 5.75 Å². The Hall–Kier alpha value is -1.85. The standard InChI is InChI=1S/C22H31N3O2/c1-24(2)18-8-15-10-19(11-16(15)9-18)25(3)13-17-7-14-5-6-20(27-4)12-21(14)23-22(17)26/h5-7,12,15-16,18-19H,8-11,13H2,1-4H3,(H,23,26)/t15-,16+,18?,19?. The zero-order valence-electron chi connectivity index (χ0n) is 16.9. The highest BCUT2D eigenvalue weighted by Gasteiger charge is 2.43. The van der Waals surface area contributed by atoms with E-state index >= 15 is 0 Å². The summed E-state index contributed by atoms with van der Waals surface area (Å²) in [6.45, 7) is 0.707. The Morgan fingerprint density at radius 3 is 2.33 bits per heavy atom. The molecule has 146 valence electrons. The van der Waals surface area contributed by atoms with E-state index < -0.39 is 0 Å². The molecule has 0 radical (unpaired) electrons. The van der Waals surface area contributed by atoms with E-state index in [-0.39, 0.29) is 5.56 Å². The number of benzene rings is 1. The summed E-state index contributed by atoms with van der Waals surface area (Å²) < 4.78 is 5.25. The SMILES string of the molecule is COc1ccc2cc(CN(C)C3C[C@H]4CC(N(C)C)C[C@H]4C3)c(=O)[nH]c2c1. The maximum Gasteiger partial charge on any atom is 0.252 e. The molecule has 0 saturated heterocycles. The van der Waals surface area contributed by atoms with Crippen LogP contribution >= 0.6 is 0 Å². The predicted octanol–water partition coefficient (Wildman–Crippen LogP) is 3.09. The smallest absolute Gasteiger partial charge is 0.252 e. The van der Waals surface area contributed by atoms with Crippen LogP contribution in [0.4, 0.5) is 0 Å². The van der Waals surface area contributed by atoms with Gasteiger partial charge < -0.3 is 14.6 Å². The maximum atomic E-state index is 12.6. The van der Waals surface area contributed by atoms with Gasteiger partial charge in [-0.25, -0.2) is 0 Å². The van der Waals surface area contributed by atoms with Crippen LogP contribution < -0.4 is 10.3 Å². The molecule has 1 heterocycles. The number of rotatable bonds is 5. The van der Waals surface area contributed by atoms with Gasteiger partial charge in [-0.3, -0.25) is 9.69 Å². The van der Waals surface area contributed by atoms with Crippen LogP contribution in [0.15, 0.2) is 29.1 Å². The quantitative estimate of drug-likeness (QED) is 0.880. The molecule has 2 aromatic rings. The summed E-state index contributed by atoms with van der Waals surface area (Å²) in [6, 6.07) is 9.20. The second-order valence-electron chi connectivity index (χ2n) is 8.73. The third-order valence-corrected chi connectivity index (χ3v) is 6.87. The van der Waals surface area contributed by atoms with Crippen LogP contribution in [0.1, 0.15) is 31.2 Å². The minimum atomic E-state index is 0.00784. The summed E-state index contributed by atoms with van der Waals surface area (Å²) in [5, 5.41) is 1.05. The number of hydrogen-bond donors (Lipinski definition) is 1. The zero-order chi connectivity index (χ0) is 19.1. The lowest BCUT2D eigenvalue weighted by Gasteiger charge is -2.26. The van der Waals surface area contributed by atoms with E-state index in [1.807, 2.05) is 24.3 Å². The number of ether oxygens (including phenoxy) is 1. The van der Waals surface area contributed by atoms with E-state index in [1.54, 1.807) is 7.11 Å². The van der Waals surface area contributed by atoms with Gasteiger partial charge in [-0.15, -0.1) is 0 Å². The Kier molecular flexibility index (Phi) is 4.99. The molecule has 1 aromatic heterocycles. The van der Waals surface area contributed by atoms with Crippen LogP contribution in [0, 0.1) is 11.8 Å². The van der Waals surface area contributed by atoms with Crippen LogP contribution in [0.3, 0.4) is 0 Å². The van der Waals surface area contributed by atoms with Crippen molar-refractivity contribution in [2.75, 3.05) is 28.3 Å². The summed E-state index contributed by atoms with van der Waals surface area (Å²) in [4.78, 5) is 20.4. The van der Waals surface area contributed by atoms with Crippen LogP contribution in [0.5, 0.6) is 5.75 Å². The molecule has 0 amide bonds. The van der Waals surface area contributed by atoms with Crippen molar-refractivity contribution < 1.29 is 4.74 Å². The average Bonchev–Trinajstić information content (AvgIpc) is 3.21. The first-order valence-corrected chi connectivity index (χ1v) is 10.0. The molecule has 5 heteroatoms. The maximum absolute atomic E-state index is 12.6. The van der Waals surface area contributed by atoms with Gasteiger partial charge in [0.15, 0.2) is 0 Å². The molecule has 1 N–H and O–H groups in total. The molecule has 0 spiro atoms. The molecule has 0 bridgehead atoms. The van der Waals surface area contributed by atoms with Gasteiger partial charge in [0.2, 0.25) is 0 Å². The molecule has 27 heavy (non-hydrogen) atoms. The number of hydrogen-bond acceptors (Lipinski definition) is 4. The number of aromatic amines is 1. The van der Waals surface area contributed by atoms with Crippen molar-refractivity contribution in [1.29, 1.82) is 0 Å². The number of nitrogens with one attached hydrogen (secondary N) is 1. The fourth-order valence-electron chi connectivity index (χ4n) is 5.20. The summed E-state index contributed by atoms with van der Waals surface area (Å²) in [5.74, 6) is 2.47. The lowest BCUT2D eigenvalue weighted by atomic mass is 10.0. The molecule has 2 unspecified atom stereocenters. The van der Waals surface area contributed by atoms with Gasteiger partial charge in [-0.1, -0.05) is 0 Å². The summed E-state index contributed by atoms with van der Waals surface area (Å²) in [6.07, 6.45) is 5.21. The minimum Gasteiger partial charge on any atom is -0.497 e. The van der Waals surface area contributed by atoms with Crippen molar-refractivity contribution in [1.82, 2.24) is 14.8 Å². The van der Waals surface area contributed by atoms with E-state index in [4.69, 9.17) is 4.74 Å². The Bertz CT molecular complexity index is 861. The Labute approximate surface area is 161 Å². The molecule has 2 saturated carbocycles. The normalized spacial score (nSPS) is 27.6. The Balaban J connectivity index is 1.45. The first kappa shape index (κ1) is 18.5. The number of fused-ring (bicyclic) bond motifs is 2. The van der Waals surface area contributed by atoms with E-state index in [0.717, 1.165) is 40.1 Å². The highest BCUT2D eigenvalue weighted by atomic mass is 16.5. The highest BCUT2D eigenvalue weighted by molar-refractivity contribution is 5.80. The van der Waals surface area contributed by atoms with Crippen molar-refractivity contribution in [2.24, 2.45) is 11.8 Å². The molecule has 0 aliphatic heterocycles.